The monoisotopic (exact) mass is 335 g/mol. The summed E-state index contributed by atoms with van der Waals surface area (Å²) in [5, 5.41) is 15.5. The number of rotatable bonds is 2. The van der Waals surface area contributed by atoms with Crippen LogP contribution in [0.25, 0.3) is 0 Å². The molecule has 7 nitrogen and oxygen atoms in total. The van der Waals surface area contributed by atoms with Gasteiger partial charge in [0.25, 0.3) is 0 Å². The number of aromatic nitrogens is 2. The summed E-state index contributed by atoms with van der Waals surface area (Å²) in [4.78, 5) is 14.9. The maximum absolute atomic E-state index is 12.9. The van der Waals surface area contributed by atoms with Crippen LogP contribution in [-0.4, -0.2) is 70.3 Å². The van der Waals surface area contributed by atoms with Gasteiger partial charge in [0.2, 0.25) is 5.91 Å². The van der Waals surface area contributed by atoms with Crippen LogP contribution in [0.4, 0.5) is 0 Å². The summed E-state index contributed by atoms with van der Waals surface area (Å²) in [6, 6.07) is 0.0438. The van der Waals surface area contributed by atoms with Crippen molar-refractivity contribution in [1.29, 1.82) is 0 Å². The summed E-state index contributed by atoms with van der Waals surface area (Å²) >= 11 is 0. The van der Waals surface area contributed by atoms with Crippen molar-refractivity contribution in [3.63, 3.8) is 0 Å². The minimum Gasteiger partial charge on any atom is -0.389 e. The van der Waals surface area contributed by atoms with E-state index in [2.05, 4.69) is 5.10 Å². The average molecular weight is 335 g/mol. The van der Waals surface area contributed by atoms with Crippen molar-refractivity contribution in [1.82, 2.24) is 14.7 Å². The molecule has 132 valence electrons. The van der Waals surface area contributed by atoms with Crippen molar-refractivity contribution in [2.24, 2.45) is 11.8 Å². The van der Waals surface area contributed by atoms with Gasteiger partial charge in [-0.25, -0.2) is 0 Å². The zero-order valence-electron chi connectivity index (χ0n) is 14.1. The highest BCUT2D eigenvalue weighted by atomic mass is 16.5. The lowest BCUT2D eigenvalue weighted by Gasteiger charge is -2.57. The Morgan fingerprint density at radius 3 is 3.04 bits per heavy atom. The molecule has 0 saturated carbocycles. The Morgan fingerprint density at radius 1 is 1.42 bits per heavy atom. The fourth-order valence-corrected chi connectivity index (χ4v) is 4.53. The number of fused-ring (bicyclic) bond motifs is 3. The van der Waals surface area contributed by atoms with Crippen molar-refractivity contribution in [3.8, 4) is 0 Å². The lowest BCUT2D eigenvalue weighted by molar-refractivity contribution is -0.219. The Balaban J connectivity index is 1.57. The summed E-state index contributed by atoms with van der Waals surface area (Å²) in [7, 11) is 0. The molecular formula is C17H25N3O4. The van der Waals surface area contributed by atoms with Gasteiger partial charge in [-0.2, -0.15) is 5.10 Å². The maximum Gasteiger partial charge on any atom is 0.244 e. The minimum atomic E-state index is -0.775. The van der Waals surface area contributed by atoms with E-state index in [1.807, 2.05) is 18.0 Å². The van der Waals surface area contributed by atoms with Gasteiger partial charge in [-0.3, -0.25) is 9.48 Å². The van der Waals surface area contributed by atoms with Crippen molar-refractivity contribution in [2.75, 3.05) is 33.0 Å². The van der Waals surface area contributed by atoms with Crippen molar-refractivity contribution in [3.05, 3.63) is 18.0 Å². The first kappa shape index (κ1) is 16.1. The van der Waals surface area contributed by atoms with Crippen molar-refractivity contribution >= 4 is 5.91 Å². The van der Waals surface area contributed by atoms with E-state index in [-0.39, 0.29) is 30.3 Å². The molecule has 1 aromatic rings. The molecule has 1 N–H and O–H groups in total. The van der Waals surface area contributed by atoms with Crippen LogP contribution < -0.4 is 0 Å². The van der Waals surface area contributed by atoms with Crippen LogP contribution in [0, 0.1) is 18.8 Å². The molecule has 4 atom stereocenters. The smallest absolute Gasteiger partial charge is 0.244 e. The van der Waals surface area contributed by atoms with Gasteiger partial charge < -0.3 is 19.5 Å². The average Bonchev–Trinajstić information content (AvgIpc) is 2.99. The topological polar surface area (TPSA) is 76.8 Å². The highest BCUT2D eigenvalue weighted by Crippen LogP contribution is 2.44. The van der Waals surface area contributed by atoms with Gasteiger partial charge in [-0.15, -0.1) is 0 Å². The van der Waals surface area contributed by atoms with Crippen LogP contribution in [-0.2, 0) is 20.8 Å². The summed E-state index contributed by atoms with van der Waals surface area (Å²) in [5.41, 5.74) is 0.267. The van der Waals surface area contributed by atoms with Gasteiger partial charge in [0, 0.05) is 50.3 Å². The summed E-state index contributed by atoms with van der Waals surface area (Å²) in [5.74, 6) is -0.0164. The molecule has 0 spiro atoms. The van der Waals surface area contributed by atoms with Gasteiger partial charge in [-0.1, -0.05) is 0 Å². The van der Waals surface area contributed by atoms with Crippen molar-refractivity contribution < 1.29 is 19.4 Å². The molecule has 4 rings (SSSR count). The second-order valence-corrected chi connectivity index (χ2v) is 7.31. The molecule has 4 heterocycles. The lowest BCUT2D eigenvalue weighted by Crippen LogP contribution is -2.69. The van der Waals surface area contributed by atoms with E-state index in [0.717, 1.165) is 12.0 Å². The second-order valence-electron chi connectivity index (χ2n) is 7.31. The van der Waals surface area contributed by atoms with E-state index in [1.54, 1.807) is 10.9 Å². The third-order valence-electron chi connectivity index (χ3n) is 5.83. The van der Waals surface area contributed by atoms with Crippen LogP contribution in [0.3, 0.4) is 0 Å². The van der Waals surface area contributed by atoms with Crippen LogP contribution >= 0.6 is 0 Å². The molecule has 24 heavy (non-hydrogen) atoms. The lowest BCUT2D eigenvalue weighted by atomic mass is 9.66. The number of aryl methyl sites for hydroxylation is 1. The quantitative estimate of drug-likeness (QED) is 0.836. The van der Waals surface area contributed by atoms with E-state index in [0.29, 0.717) is 39.4 Å². The Bertz CT molecular complexity index is 619. The van der Waals surface area contributed by atoms with Crippen LogP contribution in [0.1, 0.15) is 18.4 Å². The molecule has 3 aliphatic rings. The molecule has 3 fully saturated rings. The predicted molar refractivity (Wildman–Crippen MR) is 85.3 cm³/mol. The van der Waals surface area contributed by atoms with Gasteiger partial charge in [0.05, 0.1) is 25.0 Å². The third-order valence-corrected chi connectivity index (χ3v) is 5.83. The Kier molecular flexibility index (Phi) is 4.10. The second kappa shape index (κ2) is 6.13. The minimum absolute atomic E-state index is 0.0304. The molecule has 0 aromatic carbocycles. The normalized spacial score (nSPS) is 36.1. The first-order valence-corrected chi connectivity index (χ1v) is 8.74. The molecule has 1 amide bonds. The number of ether oxygens (including phenoxy) is 2. The maximum atomic E-state index is 12.9. The molecule has 7 heteroatoms. The third kappa shape index (κ3) is 2.64. The van der Waals surface area contributed by atoms with Crippen molar-refractivity contribution in [2.45, 2.75) is 38.0 Å². The molecule has 0 radical (unpaired) electrons. The number of carbonyl (C=O) groups excluding carboxylic acids is 1. The molecular weight excluding hydrogens is 310 g/mol. The largest absolute Gasteiger partial charge is 0.389 e. The predicted octanol–water partition coefficient (Wildman–Crippen LogP) is 0.206. The number of aliphatic hydroxyl groups is 1. The van der Waals surface area contributed by atoms with Crippen LogP contribution in [0.2, 0.25) is 0 Å². The fraction of sp³-hybridized carbons (Fsp3) is 0.765. The number of nitrogens with zero attached hydrogens (tertiary/aromatic N) is 3. The Morgan fingerprint density at radius 2 is 2.25 bits per heavy atom. The first-order valence-electron chi connectivity index (χ1n) is 8.74. The highest BCUT2D eigenvalue weighted by molar-refractivity contribution is 5.76. The Hall–Kier alpha value is -1.44. The van der Waals surface area contributed by atoms with E-state index < -0.39 is 5.60 Å². The van der Waals surface area contributed by atoms with E-state index >= 15 is 0 Å². The fourth-order valence-electron chi connectivity index (χ4n) is 4.53. The van der Waals surface area contributed by atoms with Gasteiger partial charge in [0.1, 0.15) is 6.54 Å². The molecule has 3 saturated heterocycles. The Labute approximate surface area is 141 Å². The molecule has 0 bridgehead atoms. The van der Waals surface area contributed by atoms with Crippen LogP contribution in [0.15, 0.2) is 12.4 Å². The highest BCUT2D eigenvalue weighted by Gasteiger charge is 2.56. The SMILES string of the molecule is Cc1cnn(CC(=O)N2C[C@@H]3COCC[C@]3(O)[C@H]3COCC[C@H]32)c1. The van der Waals surface area contributed by atoms with E-state index in [1.165, 1.54) is 0 Å². The molecule has 0 unspecified atom stereocenters. The van der Waals surface area contributed by atoms with Gasteiger partial charge in [0.15, 0.2) is 0 Å². The van der Waals surface area contributed by atoms with Gasteiger partial charge >= 0.3 is 0 Å². The summed E-state index contributed by atoms with van der Waals surface area (Å²) < 4.78 is 12.9. The van der Waals surface area contributed by atoms with Crippen LogP contribution in [0.5, 0.6) is 0 Å². The van der Waals surface area contributed by atoms with E-state index in [9.17, 15) is 9.90 Å². The first-order chi connectivity index (χ1) is 11.6. The number of likely N-dealkylation sites (tertiary alicyclic amines) is 1. The zero-order chi connectivity index (χ0) is 16.7. The molecule has 1 aromatic heterocycles. The molecule has 3 aliphatic heterocycles. The van der Waals surface area contributed by atoms with E-state index in [4.69, 9.17) is 9.47 Å². The number of hydrogen-bond donors (Lipinski definition) is 1. The zero-order valence-corrected chi connectivity index (χ0v) is 14.1. The number of carbonyl (C=O) groups is 1. The number of piperidine rings is 1. The standard InChI is InChI=1S/C17H25N3O4/c1-12-6-18-19(7-12)9-16(21)20-8-13-10-24-5-3-17(13,22)14-11-23-4-2-15(14)20/h6-7,13-15,22H,2-5,8-11H2,1H3/t13-,14+,15-,17-/m1/s1. The molecule has 0 aliphatic carbocycles. The number of hydrogen-bond acceptors (Lipinski definition) is 5. The number of amides is 1. The summed E-state index contributed by atoms with van der Waals surface area (Å²) in [6.07, 6.45) is 5.05. The summed E-state index contributed by atoms with van der Waals surface area (Å²) in [6.45, 7) is 5.00. The van der Waals surface area contributed by atoms with Gasteiger partial charge in [-0.05, 0) is 18.9 Å².